The first kappa shape index (κ1) is 18.4. The minimum Gasteiger partial charge on any atom is -0.508 e. The first-order chi connectivity index (χ1) is 12.2. The first-order valence-electron chi connectivity index (χ1n) is 8.43. The summed E-state index contributed by atoms with van der Waals surface area (Å²) in [7, 11) is -0.738. The molecule has 1 saturated heterocycles. The molecular weight excluding hydrogens is 337 g/mol. The molecule has 138 valence electrons. The van der Waals surface area contributed by atoms with Crippen LogP contribution in [-0.2, 0) is 14.0 Å². The van der Waals surface area contributed by atoms with Crippen molar-refractivity contribution < 1.29 is 23.9 Å². The summed E-state index contributed by atoms with van der Waals surface area (Å²) in [5, 5.41) is 20.7. The number of phenolic OH excluding ortho intramolecular Hbond substituents is 1. The molecule has 0 spiro atoms. The Bertz CT molecular complexity index is 818. The number of aromatic nitrogens is 3. The number of aromatic hydroxyl groups is 1. The molecule has 0 atom stereocenters. The van der Waals surface area contributed by atoms with E-state index < -0.39 is 24.3 Å². The number of hydrogen-bond donors (Lipinski definition) is 2. The summed E-state index contributed by atoms with van der Waals surface area (Å²) in [4.78, 5) is 12.0. The summed E-state index contributed by atoms with van der Waals surface area (Å²) in [5.74, 6) is -0.532. The van der Waals surface area contributed by atoms with E-state index in [1.807, 2.05) is 27.7 Å². The zero-order valence-electron chi connectivity index (χ0n) is 15.5. The number of nitrogens with one attached hydrogen (secondary N) is 1. The predicted octanol–water partition coefficient (Wildman–Crippen LogP) is 1.65. The number of carbonyl (C=O) groups is 1. The Labute approximate surface area is 152 Å². The number of H-pyrrole nitrogens is 1. The highest BCUT2D eigenvalue weighted by Gasteiger charge is 2.52. The van der Waals surface area contributed by atoms with Crippen molar-refractivity contribution in [2.75, 3.05) is 6.61 Å². The van der Waals surface area contributed by atoms with Gasteiger partial charge in [-0.1, -0.05) is 0 Å². The summed E-state index contributed by atoms with van der Waals surface area (Å²) >= 11 is 0. The fraction of sp³-hybridized carbons (Fsp3) is 0.471. The molecule has 1 aromatic heterocycles. The van der Waals surface area contributed by atoms with Gasteiger partial charge in [0.1, 0.15) is 11.4 Å². The lowest BCUT2D eigenvalue weighted by Crippen LogP contribution is -2.41. The van der Waals surface area contributed by atoms with Gasteiger partial charge in [0.05, 0.1) is 17.8 Å². The van der Waals surface area contributed by atoms with E-state index in [0.717, 1.165) is 0 Å². The van der Waals surface area contributed by atoms with Gasteiger partial charge in [0.2, 0.25) is 0 Å². The zero-order valence-corrected chi connectivity index (χ0v) is 15.5. The lowest BCUT2D eigenvalue weighted by molar-refractivity contribution is 0.00578. The summed E-state index contributed by atoms with van der Waals surface area (Å²) in [6.07, 6.45) is 0. The van der Waals surface area contributed by atoms with Crippen LogP contribution in [0.3, 0.4) is 0 Å². The molecule has 9 heteroatoms. The standard InChI is InChI=1S/C17H22BN3O5/c1-6-24-15(23)14-13(19-21-20-14)10-7-8-12(22)11(9-10)18-25-16(2,3)17(4,5)26-18/h7-9,22H,6H2,1-5H3,(H,19,20,21). The minimum absolute atomic E-state index is 0.0356. The second-order valence-electron chi connectivity index (χ2n) is 7.10. The molecule has 1 aliphatic heterocycles. The normalized spacial score (nSPS) is 18.1. The van der Waals surface area contributed by atoms with Gasteiger partial charge in [-0.3, -0.25) is 0 Å². The van der Waals surface area contributed by atoms with Crippen molar-refractivity contribution in [2.24, 2.45) is 0 Å². The smallest absolute Gasteiger partial charge is 0.498 e. The topological polar surface area (TPSA) is 107 Å². The highest BCUT2D eigenvalue weighted by Crippen LogP contribution is 2.37. The molecule has 1 aliphatic rings. The quantitative estimate of drug-likeness (QED) is 0.631. The van der Waals surface area contributed by atoms with E-state index in [9.17, 15) is 9.90 Å². The number of rotatable bonds is 4. The molecule has 3 rings (SSSR count). The van der Waals surface area contributed by atoms with Gasteiger partial charge < -0.3 is 19.2 Å². The molecule has 0 saturated carbocycles. The van der Waals surface area contributed by atoms with Gasteiger partial charge in [-0.15, -0.1) is 5.10 Å². The van der Waals surface area contributed by atoms with Crippen molar-refractivity contribution in [3.63, 3.8) is 0 Å². The zero-order chi connectivity index (χ0) is 19.1. The van der Waals surface area contributed by atoms with Gasteiger partial charge in [0.15, 0.2) is 5.69 Å². The molecule has 0 amide bonds. The third-order valence-electron chi connectivity index (χ3n) is 4.82. The fourth-order valence-electron chi connectivity index (χ4n) is 2.63. The Kier molecular flexibility index (Phi) is 4.53. The van der Waals surface area contributed by atoms with Crippen LogP contribution in [0.5, 0.6) is 5.75 Å². The minimum atomic E-state index is -0.738. The lowest BCUT2D eigenvalue weighted by atomic mass is 9.77. The predicted molar refractivity (Wildman–Crippen MR) is 95.2 cm³/mol. The Hall–Kier alpha value is -2.39. The number of phenols is 1. The van der Waals surface area contributed by atoms with Crippen molar-refractivity contribution in [1.82, 2.24) is 15.4 Å². The first-order valence-corrected chi connectivity index (χ1v) is 8.43. The Balaban J connectivity index is 1.98. The fourth-order valence-corrected chi connectivity index (χ4v) is 2.63. The van der Waals surface area contributed by atoms with E-state index in [0.29, 0.717) is 16.7 Å². The highest BCUT2D eigenvalue weighted by molar-refractivity contribution is 6.63. The van der Waals surface area contributed by atoms with E-state index >= 15 is 0 Å². The van der Waals surface area contributed by atoms with Crippen LogP contribution in [0.4, 0.5) is 0 Å². The number of aromatic amines is 1. The van der Waals surface area contributed by atoms with Gasteiger partial charge in [0, 0.05) is 11.0 Å². The number of benzene rings is 1. The van der Waals surface area contributed by atoms with Crippen LogP contribution in [-0.4, -0.2) is 51.4 Å². The number of carbonyl (C=O) groups excluding carboxylic acids is 1. The molecule has 1 fully saturated rings. The summed E-state index contributed by atoms with van der Waals surface area (Å²) in [5.41, 5.74) is 0.385. The Morgan fingerprint density at radius 1 is 1.23 bits per heavy atom. The van der Waals surface area contributed by atoms with Crippen molar-refractivity contribution in [1.29, 1.82) is 0 Å². The van der Waals surface area contributed by atoms with Crippen LogP contribution in [0.25, 0.3) is 11.3 Å². The van der Waals surface area contributed by atoms with E-state index in [4.69, 9.17) is 14.0 Å². The van der Waals surface area contributed by atoms with Crippen LogP contribution in [0, 0.1) is 0 Å². The Morgan fingerprint density at radius 3 is 2.50 bits per heavy atom. The molecule has 0 radical (unpaired) electrons. The van der Waals surface area contributed by atoms with E-state index in [-0.39, 0.29) is 18.1 Å². The second kappa shape index (κ2) is 6.41. The average molecular weight is 359 g/mol. The number of ether oxygens (including phenoxy) is 1. The molecule has 2 heterocycles. The van der Waals surface area contributed by atoms with E-state index in [2.05, 4.69) is 15.4 Å². The van der Waals surface area contributed by atoms with Gasteiger partial charge in [-0.25, -0.2) is 4.79 Å². The maximum Gasteiger partial charge on any atom is 0.498 e. The Morgan fingerprint density at radius 2 is 1.88 bits per heavy atom. The van der Waals surface area contributed by atoms with Crippen LogP contribution < -0.4 is 5.46 Å². The van der Waals surface area contributed by atoms with Gasteiger partial charge in [0.25, 0.3) is 0 Å². The van der Waals surface area contributed by atoms with Crippen LogP contribution >= 0.6 is 0 Å². The maximum atomic E-state index is 12.0. The van der Waals surface area contributed by atoms with E-state index in [1.165, 1.54) is 6.07 Å². The summed E-state index contributed by atoms with van der Waals surface area (Å²) in [6.45, 7) is 9.69. The number of nitrogens with zero attached hydrogens (tertiary/aromatic N) is 2. The summed E-state index contributed by atoms with van der Waals surface area (Å²) in [6, 6.07) is 4.84. The molecule has 8 nitrogen and oxygen atoms in total. The van der Waals surface area contributed by atoms with Crippen molar-refractivity contribution in [3.8, 4) is 17.0 Å². The third-order valence-corrected chi connectivity index (χ3v) is 4.82. The number of hydrogen-bond acceptors (Lipinski definition) is 7. The third kappa shape index (κ3) is 3.08. The number of esters is 1. The van der Waals surface area contributed by atoms with Crippen molar-refractivity contribution in [3.05, 3.63) is 23.9 Å². The van der Waals surface area contributed by atoms with Crippen molar-refractivity contribution in [2.45, 2.75) is 45.8 Å². The molecule has 0 aliphatic carbocycles. The molecule has 2 aromatic rings. The average Bonchev–Trinajstić information content (AvgIpc) is 3.11. The molecule has 0 unspecified atom stereocenters. The molecule has 26 heavy (non-hydrogen) atoms. The van der Waals surface area contributed by atoms with Crippen LogP contribution in [0.15, 0.2) is 18.2 Å². The summed E-state index contributed by atoms with van der Waals surface area (Å²) < 4.78 is 17.0. The van der Waals surface area contributed by atoms with Crippen LogP contribution in [0.1, 0.15) is 45.1 Å². The van der Waals surface area contributed by atoms with Gasteiger partial charge in [-0.05, 0) is 52.8 Å². The van der Waals surface area contributed by atoms with Gasteiger partial charge >= 0.3 is 13.1 Å². The van der Waals surface area contributed by atoms with Crippen LogP contribution in [0.2, 0.25) is 0 Å². The monoisotopic (exact) mass is 359 g/mol. The molecular formula is C17H22BN3O5. The largest absolute Gasteiger partial charge is 0.508 e. The SMILES string of the molecule is CCOC(=O)c1n[nH]nc1-c1ccc(O)c(B2OC(C)(C)C(C)(C)O2)c1. The molecule has 0 bridgehead atoms. The maximum absolute atomic E-state index is 12.0. The van der Waals surface area contributed by atoms with Crippen molar-refractivity contribution >= 4 is 18.6 Å². The molecule has 2 N–H and O–H groups in total. The molecule has 1 aromatic carbocycles. The lowest BCUT2D eigenvalue weighted by Gasteiger charge is -2.32. The van der Waals surface area contributed by atoms with E-state index in [1.54, 1.807) is 19.1 Å². The van der Waals surface area contributed by atoms with Gasteiger partial charge in [-0.2, -0.15) is 10.3 Å². The highest BCUT2D eigenvalue weighted by atomic mass is 16.7. The second-order valence-corrected chi connectivity index (χ2v) is 7.10.